The summed E-state index contributed by atoms with van der Waals surface area (Å²) in [7, 11) is 1.73. The van der Waals surface area contributed by atoms with Gasteiger partial charge in [-0.3, -0.25) is 0 Å². The molecule has 0 aromatic heterocycles. The molecule has 1 aliphatic rings. The van der Waals surface area contributed by atoms with Crippen LogP contribution in [0.15, 0.2) is 24.3 Å². The number of methoxy groups -OCH3 is 1. The molecule has 1 saturated heterocycles. The summed E-state index contributed by atoms with van der Waals surface area (Å²) in [5.74, 6) is 0.960. The Hall–Kier alpha value is -1.06. The van der Waals surface area contributed by atoms with Crippen molar-refractivity contribution < 1.29 is 9.47 Å². The van der Waals surface area contributed by atoms with Crippen molar-refractivity contribution in [3.63, 3.8) is 0 Å². The van der Waals surface area contributed by atoms with Gasteiger partial charge in [0.2, 0.25) is 0 Å². The molecule has 2 rings (SSSR count). The van der Waals surface area contributed by atoms with Crippen molar-refractivity contribution in [1.82, 2.24) is 5.32 Å². The van der Waals surface area contributed by atoms with Gasteiger partial charge in [-0.15, -0.1) is 0 Å². The molecule has 1 N–H and O–H groups in total. The molecule has 3 atom stereocenters. The van der Waals surface area contributed by atoms with Crippen molar-refractivity contribution in [2.24, 2.45) is 0 Å². The van der Waals surface area contributed by atoms with Crippen molar-refractivity contribution in [3.8, 4) is 5.75 Å². The first kappa shape index (κ1) is 14.4. The van der Waals surface area contributed by atoms with E-state index in [-0.39, 0.29) is 0 Å². The maximum atomic E-state index is 5.72. The maximum Gasteiger partial charge on any atom is 0.123 e. The third kappa shape index (κ3) is 3.71. The van der Waals surface area contributed by atoms with E-state index < -0.39 is 0 Å². The zero-order chi connectivity index (χ0) is 13.7. The monoisotopic (exact) mass is 263 g/mol. The minimum Gasteiger partial charge on any atom is -0.496 e. The number of hydrogen-bond acceptors (Lipinski definition) is 3. The molecule has 1 aromatic rings. The first-order valence-electron chi connectivity index (χ1n) is 7.25. The van der Waals surface area contributed by atoms with E-state index in [2.05, 4.69) is 31.3 Å². The van der Waals surface area contributed by atoms with Gasteiger partial charge in [-0.05, 0) is 32.3 Å². The molecule has 0 saturated carbocycles. The molecule has 2 unspecified atom stereocenters. The van der Waals surface area contributed by atoms with Gasteiger partial charge in [-0.25, -0.2) is 0 Å². The van der Waals surface area contributed by atoms with Crippen LogP contribution in [-0.2, 0) is 4.74 Å². The average Bonchev–Trinajstić information content (AvgIpc) is 2.47. The fourth-order valence-electron chi connectivity index (χ4n) is 2.78. The van der Waals surface area contributed by atoms with Crippen LogP contribution in [0.25, 0.3) is 0 Å². The van der Waals surface area contributed by atoms with Gasteiger partial charge in [0.15, 0.2) is 0 Å². The van der Waals surface area contributed by atoms with E-state index >= 15 is 0 Å². The highest BCUT2D eigenvalue weighted by Gasteiger charge is 2.23. The van der Waals surface area contributed by atoms with E-state index in [1.807, 2.05) is 12.1 Å². The second-order valence-electron chi connectivity index (χ2n) is 5.25. The molecule has 1 aliphatic heterocycles. The highest BCUT2D eigenvalue weighted by atomic mass is 16.5. The summed E-state index contributed by atoms with van der Waals surface area (Å²) >= 11 is 0. The Labute approximate surface area is 116 Å². The smallest absolute Gasteiger partial charge is 0.123 e. The highest BCUT2D eigenvalue weighted by Crippen LogP contribution is 2.26. The predicted octanol–water partition coefficient (Wildman–Crippen LogP) is 3.30. The van der Waals surface area contributed by atoms with Crippen LogP contribution in [0.4, 0.5) is 0 Å². The van der Waals surface area contributed by atoms with Crippen molar-refractivity contribution in [3.05, 3.63) is 29.8 Å². The number of para-hydroxylation sites is 1. The van der Waals surface area contributed by atoms with Gasteiger partial charge in [-0.1, -0.05) is 25.1 Å². The van der Waals surface area contributed by atoms with Crippen molar-refractivity contribution >= 4 is 0 Å². The Morgan fingerprint density at radius 2 is 2.21 bits per heavy atom. The minimum absolute atomic E-state index is 0.303. The first-order chi connectivity index (χ1) is 9.24. The van der Waals surface area contributed by atoms with Gasteiger partial charge < -0.3 is 14.8 Å². The lowest BCUT2D eigenvalue weighted by molar-refractivity contribution is -0.00168. The van der Waals surface area contributed by atoms with Crippen LogP contribution >= 0.6 is 0 Å². The normalized spacial score (nSPS) is 25.0. The topological polar surface area (TPSA) is 30.5 Å². The molecule has 0 radical (unpaired) electrons. The summed E-state index contributed by atoms with van der Waals surface area (Å²) in [6, 6.07) is 9.07. The van der Waals surface area contributed by atoms with Crippen molar-refractivity contribution in [1.29, 1.82) is 0 Å². The van der Waals surface area contributed by atoms with E-state index in [4.69, 9.17) is 9.47 Å². The van der Waals surface area contributed by atoms with Crippen LogP contribution in [0, 0.1) is 0 Å². The van der Waals surface area contributed by atoms with E-state index in [0.717, 1.165) is 31.6 Å². The fourth-order valence-corrected chi connectivity index (χ4v) is 2.78. The molecule has 19 heavy (non-hydrogen) atoms. The van der Waals surface area contributed by atoms with Crippen molar-refractivity contribution in [2.75, 3.05) is 13.7 Å². The summed E-state index contributed by atoms with van der Waals surface area (Å²) < 4.78 is 11.2. The lowest BCUT2D eigenvalue weighted by Gasteiger charge is -2.32. The average molecular weight is 263 g/mol. The van der Waals surface area contributed by atoms with Crippen LogP contribution in [0.5, 0.6) is 5.75 Å². The molecular formula is C16H25NO2. The molecule has 0 bridgehead atoms. The largest absolute Gasteiger partial charge is 0.496 e. The van der Waals surface area contributed by atoms with Gasteiger partial charge in [0.25, 0.3) is 0 Å². The van der Waals surface area contributed by atoms with Crippen LogP contribution in [0.1, 0.15) is 44.7 Å². The van der Waals surface area contributed by atoms with Crippen LogP contribution in [0.2, 0.25) is 0 Å². The van der Waals surface area contributed by atoms with E-state index in [0.29, 0.717) is 18.2 Å². The summed E-state index contributed by atoms with van der Waals surface area (Å²) in [4.78, 5) is 0. The zero-order valence-corrected chi connectivity index (χ0v) is 12.2. The van der Waals surface area contributed by atoms with Gasteiger partial charge in [0.05, 0.1) is 13.2 Å². The van der Waals surface area contributed by atoms with Crippen LogP contribution in [-0.4, -0.2) is 25.9 Å². The SMILES string of the molecule is CCC1CC(N[C@@H](C)c2ccccc2OC)CCO1. The Morgan fingerprint density at radius 3 is 2.95 bits per heavy atom. The number of benzene rings is 1. The molecular weight excluding hydrogens is 238 g/mol. The summed E-state index contributed by atoms with van der Waals surface area (Å²) in [5, 5.41) is 3.71. The lowest BCUT2D eigenvalue weighted by Crippen LogP contribution is -2.40. The van der Waals surface area contributed by atoms with Crippen LogP contribution < -0.4 is 10.1 Å². The second-order valence-corrected chi connectivity index (χ2v) is 5.25. The molecule has 0 aliphatic carbocycles. The van der Waals surface area contributed by atoms with E-state index in [1.54, 1.807) is 7.11 Å². The molecule has 0 spiro atoms. The first-order valence-corrected chi connectivity index (χ1v) is 7.25. The highest BCUT2D eigenvalue weighted by molar-refractivity contribution is 5.35. The Bertz CT molecular complexity index is 394. The lowest BCUT2D eigenvalue weighted by atomic mass is 9.99. The molecule has 3 heteroatoms. The fraction of sp³-hybridized carbons (Fsp3) is 0.625. The maximum absolute atomic E-state index is 5.72. The molecule has 106 valence electrons. The predicted molar refractivity (Wildman–Crippen MR) is 77.6 cm³/mol. The van der Waals surface area contributed by atoms with E-state index in [1.165, 1.54) is 5.56 Å². The second kappa shape index (κ2) is 6.92. The summed E-state index contributed by atoms with van der Waals surface area (Å²) in [5.41, 5.74) is 1.23. The third-order valence-electron chi connectivity index (χ3n) is 3.91. The van der Waals surface area contributed by atoms with Gasteiger partial charge in [-0.2, -0.15) is 0 Å². The standard InChI is InChI=1S/C16H25NO2/c1-4-14-11-13(9-10-19-14)17-12(2)15-7-5-6-8-16(15)18-3/h5-8,12-14,17H,4,9-11H2,1-3H3/t12-,13?,14?/m0/s1. The number of nitrogens with one attached hydrogen (secondary N) is 1. The third-order valence-corrected chi connectivity index (χ3v) is 3.91. The van der Waals surface area contributed by atoms with Gasteiger partial charge in [0.1, 0.15) is 5.75 Å². The number of rotatable bonds is 5. The van der Waals surface area contributed by atoms with E-state index in [9.17, 15) is 0 Å². The van der Waals surface area contributed by atoms with Gasteiger partial charge in [0, 0.05) is 24.3 Å². The van der Waals surface area contributed by atoms with Crippen LogP contribution in [0.3, 0.4) is 0 Å². The molecule has 3 nitrogen and oxygen atoms in total. The van der Waals surface area contributed by atoms with Crippen molar-refractivity contribution in [2.45, 2.75) is 51.3 Å². The molecule has 1 aromatic carbocycles. The summed E-state index contributed by atoms with van der Waals surface area (Å²) in [6.07, 6.45) is 3.71. The number of hydrogen-bond donors (Lipinski definition) is 1. The minimum atomic E-state index is 0.303. The molecule has 1 fully saturated rings. The molecule has 0 amide bonds. The molecule has 1 heterocycles. The quantitative estimate of drug-likeness (QED) is 0.884. The Kier molecular flexibility index (Phi) is 5.23. The Morgan fingerprint density at radius 1 is 1.42 bits per heavy atom. The Balaban J connectivity index is 1.98. The summed E-state index contributed by atoms with van der Waals surface area (Å²) in [6.45, 7) is 5.26. The number of ether oxygens (including phenoxy) is 2. The zero-order valence-electron chi connectivity index (χ0n) is 12.2. The van der Waals surface area contributed by atoms with Gasteiger partial charge >= 0.3 is 0 Å².